The highest BCUT2D eigenvalue weighted by Gasteiger charge is 2.19. The van der Waals surface area contributed by atoms with Crippen molar-refractivity contribution in [3.63, 3.8) is 0 Å². The van der Waals surface area contributed by atoms with Crippen molar-refractivity contribution in [2.45, 2.75) is 27.2 Å². The lowest BCUT2D eigenvalue weighted by Crippen LogP contribution is -2.33. The molecule has 0 saturated heterocycles. The van der Waals surface area contributed by atoms with Crippen LogP contribution in [0.15, 0.2) is 54.1 Å². The summed E-state index contributed by atoms with van der Waals surface area (Å²) in [6, 6.07) is 14.6. The van der Waals surface area contributed by atoms with Crippen LogP contribution in [-0.4, -0.2) is 28.8 Å². The van der Waals surface area contributed by atoms with Crippen molar-refractivity contribution < 1.29 is 9.72 Å². The van der Waals surface area contributed by atoms with E-state index >= 15 is 0 Å². The van der Waals surface area contributed by atoms with Crippen molar-refractivity contribution in [2.24, 2.45) is 0 Å². The standard InChI is InChI=1S/C21H24N2O3/c1-4-12-22(15-16(2)13-18-8-6-5-7-9-18)21(24)19-11-10-17(3)20(14-19)23(25)26/h5-11,13-14H,4,12,15H2,1-3H3/b16-13+. The molecule has 26 heavy (non-hydrogen) atoms. The summed E-state index contributed by atoms with van der Waals surface area (Å²) < 4.78 is 0. The summed E-state index contributed by atoms with van der Waals surface area (Å²) in [6.07, 6.45) is 2.87. The zero-order valence-electron chi connectivity index (χ0n) is 15.4. The van der Waals surface area contributed by atoms with Crippen molar-refractivity contribution in [3.8, 4) is 0 Å². The molecule has 0 spiro atoms. The van der Waals surface area contributed by atoms with Gasteiger partial charge in [-0.15, -0.1) is 0 Å². The van der Waals surface area contributed by atoms with E-state index < -0.39 is 4.92 Å². The van der Waals surface area contributed by atoms with Crippen molar-refractivity contribution in [1.29, 1.82) is 0 Å². The first kappa shape index (κ1) is 19.4. The number of nitro groups is 1. The van der Waals surface area contributed by atoms with Crippen LogP contribution in [0.2, 0.25) is 0 Å². The van der Waals surface area contributed by atoms with Crippen molar-refractivity contribution >= 4 is 17.7 Å². The Morgan fingerprint density at radius 1 is 1.19 bits per heavy atom. The quantitative estimate of drug-likeness (QED) is 0.528. The molecule has 0 heterocycles. The van der Waals surface area contributed by atoms with Crippen LogP contribution in [0.4, 0.5) is 5.69 Å². The molecular formula is C21H24N2O3. The van der Waals surface area contributed by atoms with Crippen LogP contribution in [0, 0.1) is 17.0 Å². The first-order valence-corrected chi connectivity index (χ1v) is 8.69. The van der Waals surface area contributed by atoms with Crippen molar-refractivity contribution in [2.75, 3.05) is 13.1 Å². The fourth-order valence-electron chi connectivity index (χ4n) is 2.82. The molecule has 1 amide bonds. The molecule has 0 fully saturated rings. The number of nitro benzene ring substituents is 1. The first-order valence-electron chi connectivity index (χ1n) is 8.69. The van der Waals surface area contributed by atoms with Crippen LogP contribution in [0.25, 0.3) is 6.08 Å². The summed E-state index contributed by atoms with van der Waals surface area (Å²) in [4.78, 5) is 25.3. The molecule has 0 aliphatic carbocycles. The fourth-order valence-corrected chi connectivity index (χ4v) is 2.82. The zero-order chi connectivity index (χ0) is 19.1. The highest BCUT2D eigenvalue weighted by molar-refractivity contribution is 5.95. The van der Waals surface area contributed by atoms with Crippen LogP contribution in [0.1, 0.15) is 41.8 Å². The monoisotopic (exact) mass is 352 g/mol. The van der Waals surface area contributed by atoms with E-state index in [9.17, 15) is 14.9 Å². The van der Waals surface area contributed by atoms with Gasteiger partial charge < -0.3 is 4.90 Å². The SMILES string of the molecule is CCCN(C/C(C)=C/c1ccccc1)C(=O)c1ccc(C)c([N+](=O)[O-])c1. The van der Waals surface area contributed by atoms with Crippen molar-refractivity contribution in [3.05, 3.63) is 80.9 Å². The fraction of sp³-hybridized carbons (Fsp3) is 0.286. The van der Waals surface area contributed by atoms with E-state index in [-0.39, 0.29) is 11.6 Å². The maximum atomic E-state index is 12.9. The van der Waals surface area contributed by atoms with Gasteiger partial charge in [0.2, 0.25) is 0 Å². The van der Waals surface area contributed by atoms with E-state index in [1.54, 1.807) is 24.0 Å². The normalized spacial score (nSPS) is 11.3. The van der Waals surface area contributed by atoms with Gasteiger partial charge in [0.25, 0.3) is 11.6 Å². The molecule has 0 saturated carbocycles. The van der Waals surface area contributed by atoms with E-state index in [1.807, 2.05) is 50.3 Å². The summed E-state index contributed by atoms with van der Waals surface area (Å²) >= 11 is 0. The third-order valence-corrected chi connectivity index (χ3v) is 4.09. The van der Waals surface area contributed by atoms with Gasteiger partial charge in [-0.3, -0.25) is 14.9 Å². The summed E-state index contributed by atoms with van der Waals surface area (Å²) in [5.41, 5.74) is 3.01. The van der Waals surface area contributed by atoms with Gasteiger partial charge in [-0.1, -0.05) is 55.0 Å². The molecule has 2 rings (SSSR count). The summed E-state index contributed by atoms with van der Waals surface area (Å²) in [6.45, 7) is 6.75. The van der Waals surface area contributed by atoms with Gasteiger partial charge in [0, 0.05) is 30.3 Å². The van der Waals surface area contributed by atoms with Crippen LogP contribution in [-0.2, 0) is 0 Å². The van der Waals surface area contributed by atoms with Gasteiger partial charge in [-0.25, -0.2) is 0 Å². The molecule has 0 unspecified atom stereocenters. The Kier molecular flexibility index (Phi) is 6.67. The minimum absolute atomic E-state index is 0.0242. The second-order valence-corrected chi connectivity index (χ2v) is 6.39. The zero-order valence-corrected chi connectivity index (χ0v) is 15.4. The van der Waals surface area contributed by atoms with Gasteiger partial charge in [-0.05, 0) is 31.9 Å². The number of aryl methyl sites for hydroxylation is 1. The summed E-state index contributed by atoms with van der Waals surface area (Å²) in [5.74, 6) is -0.184. The Labute approximate surface area is 154 Å². The lowest BCUT2D eigenvalue weighted by atomic mass is 10.1. The molecule has 5 nitrogen and oxygen atoms in total. The number of amides is 1. The number of hydrogen-bond acceptors (Lipinski definition) is 3. The van der Waals surface area contributed by atoms with Gasteiger partial charge in [0.1, 0.15) is 0 Å². The molecule has 0 aromatic heterocycles. The smallest absolute Gasteiger partial charge is 0.273 e. The predicted octanol–water partition coefficient (Wildman–Crippen LogP) is 4.86. The van der Waals surface area contributed by atoms with Crippen LogP contribution < -0.4 is 0 Å². The Hall–Kier alpha value is -2.95. The third-order valence-electron chi connectivity index (χ3n) is 4.09. The van der Waals surface area contributed by atoms with Crippen molar-refractivity contribution in [1.82, 2.24) is 4.90 Å². The molecule has 2 aromatic rings. The highest BCUT2D eigenvalue weighted by Crippen LogP contribution is 2.21. The van der Waals surface area contributed by atoms with Crippen LogP contribution in [0.3, 0.4) is 0 Å². The lowest BCUT2D eigenvalue weighted by Gasteiger charge is -2.23. The van der Waals surface area contributed by atoms with E-state index in [0.29, 0.717) is 24.2 Å². The Morgan fingerprint density at radius 2 is 1.88 bits per heavy atom. The molecule has 136 valence electrons. The molecule has 0 bridgehead atoms. The average Bonchev–Trinajstić information content (AvgIpc) is 2.61. The predicted molar refractivity (Wildman–Crippen MR) is 104 cm³/mol. The lowest BCUT2D eigenvalue weighted by molar-refractivity contribution is -0.385. The molecule has 2 aromatic carbocycles. The second kappa shape index (κ2) is 8.94. The van der Waals surface area contributed by atoms with Gasteiger partial charge >= 0.3 is 0 Å². The van der Waals surface area contributed by atoms with Gasteiger partial charge in [0.15, 0.2) is 0 Å². The second-order valence-electron chi connectivity index (χ2n) is 6.39. The molecule has 5 heteroatoms. The topological polar surface area (TPSA) is 63.5 Å². The Balaban J connectivity index is 2.23. The van der Waals surface area contributed by atoms with E-state index in [0.717, 1.165) is 17.6 Å². The first-order chi connectivity index (χ1) is 12.4. The largest absolute Gasteiger partial charge is 0.335 e. The number of rotatable bonds is 7. The molecule has 0 aliphatic rings. The summed E-state index contributed by atoms with van der Waals surface area (Å²) in [7, 11) is 0. The van der Waals surface area contributed by atoms with E-state index in [1.165, 1.54) is 6.07 Å². The highest BCUT2D eigenvalue weighted by atomic mass is 16.6. The third kappa shape index (κ3) is 5.02. The average molecular weight is 352 g/mol. The minimum Gasteiger partial charge on any atom is -0.335 e. The maximum Gasteiger partial charge on any atom is 0.273 e. The number of carbonyl (C=O) groups excluding carboxylic acids is 1. The number of carbonyl (C=O) groups is 1. The maximum absolute atomic E-state index is 12.9. The number of benzene rings is 2. The van der Waals surface area contributed by atoms with Gasteiger partial charge in [-0.2, -0.15) is 0 Å². The minimum atomic E-state index is -0.448. The van der Waals surface area contributed by atoms with Gasteiger partial charge in [0.05, 0.1) is 4.92 Å². The molecule has 0 aliphatic heterocycles. The Bertz CT molecular complexity index is 813. The van der Waals surface area contributed by atoms with E-state index in [2.05, 4.69) is 0 Å². The van der Waals surface area contributed by atoms with Crippen LogP contribution in [0.5, 0.6) is 0 Å². The number of hydrogen-bond donors (Lipinski definition) is 0. The summed E-state index contributed by atoms with van der Waals surface area (Å²) in [5, 5.41) is 11.1. The molecule has 0 radical (unpaired) electrons. The van der Waals surface area contributed by atoms with E-state index in [4.69, 9.17) is 0 Å². The molecule has 0 N–H and O–H groups in total. The molecular weight excluding hydrogens is 328 g/mol. The number of nitrogens with zero attached hydrogens (tertiary/aromatic N) is 2. The molecule has 0 atom stereocenters. The van der Waals surface area contributed by atoms with Crippen LogP contribution >= 0.6 is 0 Å². The Morgan fingerprint density at radius 3 is 2.50 bits per heavy atom.